The van der Waals surface area contributed by atoms with E-state index >= 15 is 0 Å². The number of alkyl halides is 2. The number of nitrogens with zero attached hydrogens (tertiary/aromatic N) is 6. The number of benzene rings is 1. The average Bonchev–Trinajstić information content (AvgIpc) is 3.61. The molecular weight excluding hydrogens is 473 g/mol. The molecule has 0 bridgehead atoms. The molecular formula is C23H25F3N10. The van der Waals surface area contributed by atoms with Crippen LogP contribution in [0.25, 0.3) is 28.0 Å². The van der Waals surface area contributed by atoms with Gasteiger partial charge in [0.25, 0.3) is 0 Å². The van der Waals surface area contributed by atoms with Gasteiger partial charge in [0.05, 0.1) is 35.8 Å². The van der Waals surface area contributed by atoms with E-state index < -0.39 is 12.4 Å². The molecule has 0 saturated carbocycles. The standard InChI is InChI=1S/C23H25F3N10/c1-34-5-7-35(8-6-34)19(27)9-17(28-12-20-31-16-4-2-3-15(24)21(16)33-20)22-29-11-18(32-22)14-10-30-36(13-14)23(25)26/h2-4,9-11,13,23,27-28H,5-8,12H2,1H3,(H,29,32)(H,31,33)/b17-9+,27-19?. The molecule has 0 amide bonds. The quantitative estimate of drug-likeness (QED) is 0.230. The normalized spacial score (nSPS) is 15.2. The second-order valence-electron chi connectivity index (χ2n) is 8.54. The van der Waals surface area contributed by atoms with Gasteiger partial charge in [-0.25, -0.2) is 19.0 Å². The lowest BCUT2D eigenvalue weighted by Gasteiger charge is -2.33. The van der Waals surface area contributed by atoms with Crippen LogP contribution in [-0.2, 0) is 6.54 Å². The largest absolute Gasteiger partial charge is 0.375 e. The van der Waals surface area contributed by atoms with Gasteiger partial charge < -0.3 is 25.1 Å². The van der Waals surface area contributed by atoms with E-state index in [4.69, 9.17) is 5.41 Å². The molecule has 1 fully saturated rings. The molecule has 188 valence electrons. The van der Waals surface area contributed by atoms with Gasteiger partial charge in [-0.3, -0.25) is 5.41 Å². The van der Waals surface area contributed by atoms with Crippen LogP contribution >= 0.6 is 0 Å². The summed E-state index contributed by atoms with van der Waals surface area (Å²) in [5.74, 6) is 0.820. The predicted molar refractivity (Wildman–Crippen MR) is 129 cm³/mol. The van der Waals surface area contributed by atoms with Crippen molar-refractivity contribution >= 4 is 22.6 Å². The highest BCUT2D eigenvalue weighted by atomic mass is 19.3. The SMILES string of the molecule is CN1CCN(C(=N)/C=C(/NCc2nc3c(F)cccc3[nH]2)c2ncc(-c3cnn(C(F)F)c3)[nH]2)CC1. The van der Waals surface area contributed by atoms with E-state index in [9.17, 15) is 13.2 Å². The molecule has 0 spiro atoms. The van der Waals surface area contributed by atoms with Crippen molar-refractivity contribution in [3.63, 3.8) is 0 Å². The fourth-order valence-electron chi connectivity index (χ4n) is 3.98. The average molecular weight is 499 g/mol. The van der Waals surface area contributed by atoms with Gasteiger partial charge in [0.1, 0.15) is 17.2 Å². The Morgan fingerprint density at radius 2 is 2.00 bits per heavy atom. The number of amidine groups is 1. The molecule has 0 unspecified atom stereocenters. The summed E-state index contributed by atoms with van der Waals surface area (Å²) >= 11 is 0. The molecule has 0 radical (unpaired) electrons. The summed E-state index contributed by atoms with van der Waals surface area (Å²) in [7, 11) is 2.04. The molecule has 1 aliphatic heterocycles. The molecule has 4 heterocycles. The van der Waals surface area contributed by atoms with Crippen molar-refractivity contribution in [2.75, 3.05) is 33.2 Å². The second-order valence-corrected chi connectivity index (χ2v) is 8.54. The number of para-hydroxylation sites is 1. The van der Waals surface area contributed by atoms with Crippen molar-refractivity contribution < 1.29 is 13.2 Å². The molecule has 3 aromatic heterocycles. The highest BCUT2D eigenvalue weighted by molar-refractivity contribution is 5.96. The van der Waals surface area contributed by atoms with Gasteiger partial charge in [-0.15, -0.1) is 0 Å². The number of hydrogen-bond donors (Lipinski definition) is 4. The number of fused-ring (bicyclic) bond motifs is 1. The van der Waals surface area contributed by atoms with Crippen LogP contribution in [0.15, 0.2) is 42.9 Å². The Kier molecular flexibility index (Phi) is 6.46. The Balaban J connectivity index is 1.40. The van der Waals surface area contributed by atoms with Crippen LogP contribution in [0, 0.1) is 11.2 Å². The molecule has 4 N–H and O–H groups in total. The van der Waals surface area contributed by atoms with Crippen LogP contribution in [0.4, 0.5) is 13.2 Å². The fraction of sp³-hybridized carbons (Fsp3) is 0.304. The maximum Gasteiger partial charge on any atom is 0.333 e. The van der Waals surface area contributed by atoms with Crippen LogP contribution in [0.2, 0.25) is 0 Å². The summed E-state index contributed by atoms with van der Waals surface area (Å²) in [6.07, 6.45) is 5.75. The number of aromatic amines is 2. The summed E-state index contributed by atoms with van der Waals surface area (Å²) in [5, 5.41) is 15.5. The molecule has 1 aromatic carbocycles. The number of halogens is 3. The van der Waals surface area contributed by atoms with Gasteiger partial charge in [-0.1, -0.05) is 6.07 Å². The first-order valence-corrected chi connectivity index (χ1v) is 11.4. The van der Waals surface area contributed by atoms with E-state index in [0.29, 0.717) is 44.6 Å². The predicted octanol–water partition coefficient (Wildman–Crippen LogP) is 3.04. The van der Waals surface area contributed by atoms with Crippen molar-refractivity contribution in [1.29, 1.82) is 5.41 Å². The Labute approximate surface area is 204 Å². The van der Waals surface area contributed by atoms with E-state index in [1.165, 1.54) is 24.7 Å². The van der Waals surface area contributed by atoms with Crippen molar-refractivity contribution in [2.45, 2.75) is 13.1 Å². The van der Waals surface area contributed by atoms with Crippen molar-refractivity contribution in [3.05, 3.63) is 60.3 Å². The Bertz CT molecular complexity index is 1390. The first kappa shape index (κ1) is 23.6. The number of aromatic nitrogens is 6. The molecule has 36 heavy (non-hydrogen) atoms. The zero-order valence-corrected chi connectivity index (χ0v) is 19.5. The zero-order chi connectivity index (χ0) is 25.2. The monoisotopic (exact) mass is 498 g/mol. The number of piperazine rings is 1. The van der Waals surface area contributed by atoms with E-state index in [-0.39, 0.29) is 12.1 Å². The molecule has 1 saturated heterocycles. The third-order valence-corrected chi connectivity index (χ3v) is 6.03. The molecule has 0 aliphatic carbocycles. The Morgan fingerprint density at radius 1 is 1.19 bits per heavy atom. The lowest BCUT2D eigenvalue weighted by molar-refractivity contribution is 0.0566. The summed E-state index contributed by atoms with van der Waals surface area (Å²) in [6.45, 7) is 0.618. The number of nitrogens with one attached hydrogen (secondary N) is 4. The minimum absolute atomic E-state index is 0.218. The van der Waals surface area contributed by atoms with Crippen molar-refractivity contribution in [1.82, 2.24) is 44.8 Å². The smallest absolute Gasteiger partial charge is 0.333 e. The van der Waals surface area contributed by atoms with Crippen LogP contribution in [-0.4, -0.2) is 78.6 Å². The number of rotatable bonds is 7. The molecule has 13 heteroatoms. The van der Waals surface area contributed by atoms with Crippen LogP contribution in [0.1, 0.15) is 18.2 Å². The van der Waals surface area contributed by atoms with Crippen LogP contribution in [0.5, 0.6) is 0 Å². The van der Waals surface area contributed by atoms with E-state index in [0.717, 1.165) is 26.2 Å². The first-order chi connectivity index (χ1) is 17.4. The minimum Gasteiger partial charge on any atom is -0.375 e. The summed E-state index contributed by atoms with van der Waals surface area (Å²) < 4.78 is 40.5. The third-order valence-electron chi connectivity index (χ3n) is 6.03. The van der Waals surface area contributed by atoms with Gasteiger partial charge in [0.2, 0.25) is 0 Å². The Hall–Kier alpha value is -4.13. The third kappa shape index (κ3) is 4.96. The van der Waals surface area contributed by atoms with Gasteiger partial charge in [-0.05, 0) is 19.2 Å². The van der Waals surface area contributed by atoms with E-state index in [1.54, 1.807) is 18.2 Å². The zero-order valence-electron chi connectivity index (χ0n) is 19.5. The minimum atomic E-state index is -2.74. The number of hydrogen-bond acceptors (Lipinski definition) is 6. The van der Waals surface area contributed by atoms with Gasteiger partial charge in [0.15, 0.2) is 11.6 Å². The highest BCUT2D eigenvalue weighted by Crippen LogP contribution is 2.21. The van der Waals surface area contributed by atoms with Crippen LogP contribution < -0.4 is 5.32 Å². The van der Waals surface area contributed by atoms with E-state index in [1.807, 2.05) is 11.9 Å². The summed E-state index contributed by atoms with van der Waals surface area (Å²) in [5.41, 5.74) is 2.30. The maximum absolute atomic E-state index is 14.1. The molecule has 0 atom stereocenters. The Morgan fingerprint density at radius 3 is 2.72 bits per heavy atom. The van der Waals surface area contributed by atoms with Gasteiger partial charge in [-0.2, -0.15) is 13.9 Å². The number of H-pyrrole nitrogens is 2. The number of imidazole rings is 2. The second kappa shape index (κ2) is 9.85. The lowest BCUT2D eigenvalue weighted by atomic mass is 10.2. The highest BCUT2D eigenvalue weighted by Gasteiger charge is 2.18. The first-order valence-electron chi connectivity index (χ1n) is 11.4. The number of likely N-dealkylation sites (N-methyl/N-ethyl adjacent to an activating group) is 1. The molecule has 10 nitrogen and oxygen atoms in total. The van der Waals surface area contributed by atoms with Crippen LogP contribution in [0.3, 0.4) is 0 Å². The van der Waals surface area contributed by atoms with Gasteiger partial charge >= 0.3 is 6.55 Å². The fourth-order valence-corrected chi connectivity index (χ4v) is 3.98. The van der Waals surface area contributed by atoms with Crippen molar-refractivity contribution in [3.8, 4) is 11.3 Å². The summed E-state index contributed by atoms with van der Waals surface area (Å²) in [6, 6.07) is 4.70. The molecule has 1 aliphatic rings. The van der Waals surface area contributed by atoms with Crippen molar-refractivity contribution in [2.24, 2.45) is 0 Å². The summed E-state index contributed by atoms with van der Waals surface area (Å²) in [4.78, 5) is 19.1. The molecule has 4 aromatic rings. The van der Waals surface area contributed by atoms with E-state index in [2.05, 4.69) is 35.3 Å². The van der Waals surface area contributed by atoms with Gasteiger partial charge in [0, 0.05) is 44.0 Å². The maximum atomic E-state index is 14.1. The lowest BCUT2D eigenvalue weighted by Crippen LogP contribution is -2.46. The molecule has 5 rings (SSSR count). The topological polar surface area (TPSA) is 118 Å².